The molecule has 0 aromatic rings. The SMILES string of the molecule is C[C@H]1CC2C[C@@H](O)CC[C@]2(C)[C@H]2CC[C@]3(C)C(C4CCNCC4)=CC[C@H]3[C@H]12. The second kappa shape index (κ2) is 6.59. The number of piperidine rings is 1. The van der Waals surface area contributed by atoms with Gasteiger partial charge in [0, 0.05) is 0 Å². The van der Waals surface area contributed by atoms with E-state index in [0.717, 1.165) is 48.3 Å². The minimum Gasteiger partial charge on any atom is -0.393 e. The van der Waals surface area contributed by atoms with Crippen LogP contribution in [0.25, 0.3) is 0 Å². The zero-order valence-electron chi connectivity index (χ0n) is 17.8. The van der Waals surface area contributed by atoms with Crippen molar-refractivity contribution in [3.05, 3.63) is 11.6 Å². The molecule has 0 aromatic heterocycles. The lowest BCUT2D eigenvalue weighted by molar-refractivity contribution is -0.140. The van der Waals surface area contributed by atoms with Crippen LogP contribution in [0.3, 0.4) is 0 Å². The third-order valence-electron chi connectivity index (χ3n) is 10.4. The molecule has 0 spiro atoms. The van der Waals surface area contributed by atoms with Gasteiger partial charge in [-0.1, -0.05) is 32.4 Å². The fraction of sp³-hybridized carbons (Fsp3) is 0.920. The lowest BCUT2D eigenvalue weighted by Crippen LogP contribution is -2.56. The molecular weight excluding hydrogens is 330 g/mol. The van der Waals surface area contributed by atoms with Crippen molar-refractivity contribution >= 4 is 0 Å². The summed E-state index contributed by atoms with van der Waals surface area (Å²) in [6, 6.07) is 0. The molecule has 0 radical (unpaired) electrons. The van der Waals surface area contributed by atoms with Crippen LogP contribution in [0.15, 0.2) is 11.6 Å². The van der Waals surface area contributed by atoms with E-state index in [0.29, 0.717) is 10.8 Å². The Hall–Kier alpha value is -0.340. The first-order valence-electron chi connectivity index (χ1n) is 12.0. The molecule has 5 aliphatic rings. The van der Waals surface area contributed by atoms with Crippen LogP contribution in [0.5, 0.6) is 0 Å². The van der Waals surface area contributed by atoms with E-state index in [9.17, 15) is 5.11 Å². The summed E-state index contributed by atoms with van der Waals surface area (Å²) < 4.78 is 0. The summed E-state index contributed by atoms with van der Waals surface area (Å²) in [7, 11) is 0. The molecule has 3 saturated carbocycles. The highest BCUT2D eigenvalue weighted by atomic mass is 16.3. The fourth-order valence-electron chi connectivity index (χ4n) is 8.99. The molecule has 2 N–H and O–H groups in total. The third-order valence-corrected chi connectivity index (χ3v) is 10.4. The summed E-state index contributed by atoms with van der Waals surface area (Å²) in [5, 5.41) is 13.9. The normalized spacial score (nSPS) is 53.3. The predicted octanol–water partition coefficient (Wildman–Crippen LogP) is 5.17. The molecule has 1 saturated heterocycles. The average Bonchev–Trinajstić information content (AvgIpc) is 3.01. The number of hydrogen-bond acceptors (Lipinski definition) is 2. The first kappa shape index (κ1) is 18.7. The zero-order valence-corrected chi connectivity index (χ0v) is 17.8. The van der Waals surface area contributed by atoms with E-state index in [-0.39, 0.29) is 6.10 Å². The highest BCUT2D eigenvalue weighted by Gasteiger charge is 2.60. The molecular formula is C25H41NO. The molecule has 1 aliphatic heterocycles. The maximum atomic E-state index is 10.3. The molecule has 2 heteroatoms. The van der Waals surface area contributed by atoms with Gasteiger partial charge in [-0.05, 0) is 117 Å². The van der Waals surface area contributed by atoms with Crippen molar-refractivity contribution < 1.29 is 5.11 Å². The minimum atomic E-state index is -0.0275. The zero-order chi connectivity index (χ0) is 18.8. The van der Waals surface area contributed by atoms with Gasteiger partial charge in [0.25, 0.3) is 0 Å². The summed E-state index contributed by atoms with van der Waals surface area (Å²) in [6.07, 6.45) is 14.4. The summed E-state index contributed by atoms with van der Waals surface area (Å²) in [6.45, 7) is 10.3. The standard InChI is InChI=1S/C25H41NO/c1-16-14-18-15-19(27)6-10-24(18,2)22-7-11-25(3)20(4-5-21(25)23(16)22)17-8-12-26-13-9-17/h4,16-19,21-23,26-27H,5-15H2,1-3H3/t16-,18?,19-,21-,22-,23-,24-,25+/m0/s1. The first-order valence-corrected chi connectivity index (χ1v) is 12.0. The molecule has 1 unspecified atom stereocenters. The van der Waals surface area contributed by atoms with Crippen LogP contribution < -0.4 is 5.32 Å². The Kier molecular flexibility index (Phi) is 4.56. The number of rotatable bonds is 1. The van der Waals surface area contributed by atoms with E-state index in [2.05, 4.69) is 32.2 Å². The van der Waals surface area contributed by atoms with Crippen molar-refractivity contribution in [2.75, 3.05) is 13.1 Å². The van der Waals surface area contributed by atoms with E-state index in [1.165, 1.54) is 58.0 Å². The van der Waals surface area contributed by atoms with E-state index in [4.69, 9.17) is 0 Å². The van der Waals surface area contributed by atoms with Crippen molar-refractivity contribution in [1.29, 1.82) is 0 Å². The van der Waals surface area contributed by atoms with Gasteiger partial charge in [0.2, 0.25) is 0 Å². The van der Waals surface area contributed by atoms with E-state index < -0.39 is 0 Å². The topological polar surface area (TPSA) is 32.3 Å². The van der Waals surface area contributed by atoms with Gasteiger partial charge < -0.3 is 10.4 Å². The maximum Gasteiger partial charge on any atom is 0.0543 e. The predicted molar refractivity (Wildman–Crippen MR) is 111 cm³/mol. The molecule has 0 bridgehead atoms. The van der Waals surface area contributed by atoms with Crippen LogP contribution in [0.1, 0.15) is 78.6 Å². The Morgan fingerprint density at radius 2 is 1.78 bits per heavy atom. The Bertz CT molecular complexity index is 607. The Morgan fingerprint density at radius 1 is 1.00 bits per heavy atom. The quantitative estimate of drug-likeness (QED) is 0.623. The van der Waals surface area contributed by atoms with E-state index >= 15 is 0 Å². The van der Waals surface area contributed by atoms with Gasteiger partial charge in [-0.3, -0.25) is 0 Å². The second-order valence-electron chi connectivity index (χ2n) is 11.5. The van der Waals surface area contributed by atoms with E-state index in [1.807, 2.05) is 5.57 Å². The Balaban J connectivity index is 1.42. The monoisotopic (exact) mass is 371 g/mol. The molecule has 4 fully saturated rings. The summed E-state index contributed by atoms with van der Waals surface area (Å²) in [5.41, 5.74) is 2.84. The first-order chi connectivity index (χ1) is 12.9. The lowest BCUT2D eigenvalue weighted by Gasteiger charge is -2.63. The van der Waals surface area contributed by atoms with Crippen molar-refractivity contribution in [3.8, 4) is 0 Å². The van der Waals surface area contributed by atoms with Gasteiger partial charge in [0.15, 0.2) is 0 Å². The second-order valence-corrected chi connectivity index (χ2v) is 11.5. The van der Waals surface area contributed by atoms with Gasteiger partial charge in [-0.15, -0.1) is 0 Å². The number of nitrogens with one attached hydrogen (secondary N) is 1. The van der Waals surface area contributed by atoms with E-state index in [1.54, 1.807) is 0 Å². The molecule has 1 heterocycles. The maximum absolute atomic E-state index is 10.3. The average molecular weight is 372 g/mol. The molecule has 8 atom stereocenters. The summed E-state index contributed by atoms with van der Waals surface area (Å²) >= 11 is 0. The van der Waals surface area contributed by atoms with Crippen molar-refractivity contribution in [3.63, 3.8) is 0 Å². The highest BCUT2D eigenvalue weighted by molar-refractivity contribution is 5.28. The Morgan fingerprint density at radius 3 is 2.56 bits per heavy atom. The van der Waals surface area contributed by atoms with Crippen LogP contribution in [-0.4, -0.2) is 24.3 Å². The Labute approximate surface area is 166 Å². The van der Waals surface area contributed by atoms with Gasteiger partial charge in [-0.2, -0.15) is 0 Å². The molecule has 4 aliphatic carbocycles. The largest absolute Gasteiger partial charge is 0.393 e. The lowest BCUT2D eigenvalue weighted by atomic mass is 9.42. The van der Waals surface area contributed by atoms with Crippen molar-refractivity contribution in [2.24, 2.45) is 46.3 Å². The third kappa shape index (κ3) is 2.72. The van der Waals surface area contributed by atoms with Crippen LogP contribution in [0.2, 0.25) is 0 Å². The van der Waals surface area contributed by atoms with Gasteiger partial charge in [0.1, 0.15) is 0 Å². The summed E-state index contributed by atoms with van der Waals surface area (Å²) in [4.78, 5) is 0. The highest BCUT2D eigenvalue weighted by Crippen LogP contribution is 2.68. The molecule has 152 valence electrons. The van der Waals surface area contributed by atoms with Gasteiger partial charge in [0.05, 0.1) is 6.10 Å². The van der Waals surface area contributed by atoms with Crippen LogP contribution in [-0.2, 0) is 0 Å². The van der Waals surface area contributed by atoms with Crippen LogP contribution in [0, 0.1) is 46.3 Å². The fourth-order valence-corrected chi connectivity index (χ4v) is 8.99. The van der Waals surface area contributed by atoms with Crippen molar-refractivity contribution in [1.82, 2.24) is 5.32 Å². The number of fused-ring (bicyclic) bond motifs is 5. The van der Waals surface area contributed by atoms with Crippen LogP contribution >= 0.6 is 0 Å². The van der Waals surface area contributed by atoms with Gasteiger partial charge >= 0.3 is 0 Å². The molecule has 2 nitrogen and oxygen atoms in total. The van der Waals surface area contributed by atoms with Gasteiger partial charge in [-0.25, -0.2) is 0 Å². The van der Waals surface area contributed by atoms with Crippen molar-refractivity contribution in [2.45, 2.75) is 84.7 Å². The number of aliphatic hydroxyl groups excluding tert-OH is 1. The summed E-state index contributed by atoms with van der Waals surface area (Å²) in [5.74, 6) is 5.16. The molecule has 27 heavy (non-hydrogen) atoms. The molecule has 5 rings (SSSR count). The number of aliphatic hydroxyl groups is 1. The minimum absolute atomic E-state index is 0.0275. The smallest absolute Gasteiger partial charge is 0.0543 e. The molecule has 0 aromatic carbocycles. The number of hydrogen-bond donors (Lipinski definition) is 2. The molecule has 0 amide bonds. The van der Waals surface area contributed by atoms with Crippen LogP contribution in [0.4, 0.5) is 0 Å². The number of allylic oxidation sites excluding steroid dienone is 2.